The molecule has 0 fully saturated rings. The van der Waals surface area contributed by atoms with E-state index in [1.165, 1.54) is 0 Å². The van der Waals surface area contributed by atoms with Gasteiger partial charge in [-0.15, -0.1) is 5.10 Å². The van der Waals surface area contributed by atoms with Crippen LogP contribution in [0.3, 0.4) is 0 Å². The third-order valence-corrected chi connectivity index (χ3v) is 3.09. The van der Waals surface area contributed by atoms with Crippen LogP contribution in [0.2, 0.25) is 0 Å². The highest BCUT2D eigenvalue weighted by Crippen LogP contribution is 2.13. The lowest BCUT2D eigenvalue weighted by atomic mass is 10.1. The van der Waals surface area contributed by atoms with E-state index >= 15 is 0 Å². The largest absolute Gasteiger partial charge is 0.463 e. The molecule has 20 heavy (non-hydrogen) atoms. The number of hydrogen-bond donors (Lipinski definition) is 2. The van der Waals surface area contributed by atoms with Crippen LogP contribution < -0.4 is 10.1 Å². The van der Waals surface area contributed by atoms with Gasteiger partial charge in [0, 0.05) is 11.3 Å². The van der Waals surface area contributed by atoms with Gasteiger partial charge in [0.2, 0.25) is 5.95 Å². The number of aromatic nitrogens is 3. The maximum atomic E-state index is 12.1. The van der Waals surface area contributed by atoms with Gasteiger partial charge in [-0.1, -0.05) is 12.1 Å². The smallest absolute Gasteiger partial charge is 0.337 e. The third-order valence-electron chi connectivity index (χ3n) is 2.47. The van der Waals surface area contributed by atoms with Crippen molar-refractivity contribution in [1.82, 2.24) is 15.2 Å². The van der Waals surface area contributed by atoms with Crippen LogP contribution in [0.25, 0.3) is 0 Å². The molecule has 0 bridgehead atoms. The summed E-state index contributed by atoms with van der Waals surface area (Å²) >= 11 is 1.71. The Kier molecular flexibility index (Phi) is 5.00. The van der Waals surface area contributed by atoms with E-state index in [0.717, 1.165) is 11.3 Å². The van der Waals surface area contributed by atoms with Crippen molar-refractivity contribution in [1.29, 1.82) is 0 Å². The van der Waals surface area contributed by atoms with Crippen LogP contribution >= 0.6 is 11.8 Å². The summed E-state index contributed by atoms with van der Waals surface area (Å²) < 4.78 is 5.12. The van der Waals surface area contributed by atoms with E-state index in [0.29, 0.717) is 12.2 Å². The Morgan fingerprint density at radius 3 is 3.10 bits per heavy atom. The first kappa shape index (κ1) is 14.4. The quantitative estimate of drug-likeness (QED) is 0.854. The molecular weight excluding hydrogens is 276 g/mol. The number of nitrogens with zero attached hydrogens (tertiary/aromatic N) is 2. The van der Waals surface area contributed by atoms with Crippen LogP contribution in [-0.2, 0) is 5.75 Å². The molecule has 0 spiro atoms. The van der Waals surface area contributed by atoms with Crippen molar-refractivity contribution in [3.05, 3.63) is 35.4 Å². The van der Waals surface area contributed by atoms with Crippen molar-refractivity contribution in [2.45, 2.75) is 12.7 Å². The number of H-pyrrole nitrogens is 1. The number of carbonyl (C=O) groups is 1. The average Bonchev–Trinajstić information content (AvgIpc) is 2.87. The number of anilines is 1. The highest BCUT2D eigenvalue weighted by atomic mass is 32.2. The topological polar surface area (TPSA) is 79.9 Å². The van der Waals surface area contributed by atoms with Crippen molar-refractivity contribution in [2.24, 2.45) is 0 Å². The minimum atomic E-state index is -0.229. The summed E-state index contributed by atoms with van der Waals surface area (Å²) in [4.78, 5) is 16.1. The van der Waals surface area contributed by atoms with Gasteiger partial charge in [-0.2, -0.15) is 16.7 Å². The van der Waals surface area contributed by atoms with E-state index in [9.17, 15) is 4.79 Å². The lowest BCUT2D eigenvalue weighted by Crippen LogP contribution is -2.13. The van der Waals surface area contributed by atoms with E-state index in [2.05, 4.69) is 20.5 Å². The van der Waals surface area contributed by atoms with Crippen LogP contribution in [0.5, 0.6) is 6.01 Å². The summed E-state index contributed by atoms with van der Waals surface area (Å²) in [5.74, 6) is 0.915. The number of hydrogen-bond acceptors (Lipinski definition) is 5. The number of benzene rings is 1. The van der Waals surface area contributed by atoms with Crippen LogP contribution in [-0.4, -0.2) is 34.0 Å². The summed E-state index contributed by atoms with van der Waals surface area (Å²) in [6.45, 7) is 2.31. The Labute approximate surface area is 121 Å². The zero-order valence-electron chi connectivity index (χ0n) is 11.3. The van der Waals surface area contributed by atoms with E-state index in [1.807, 2.05) is 31.4 Å². The minimum absolute atomic E-state index is 0.221. The summed E-state index contributed by atoms with van der Waals surface area (Å²) in [5, 5.41) is 9.08. The van der Waals surface area contributed by atoms with Crippen molar-refractivity contribution in [2.75, 3.05) is 18.2 Å². The molecule has 106 valence electrons. The first-order chi connectivity index (χ1) is 9.72. The number of nitrogens with one attached hydrogen (secondary N) is 2. The molecule has 1 amide bonds. The Balaban J connectivity index is 2.05. The van der Waals surface area contributed by atoms with E-state index < -0.39 is 0 Å². The fourth-order valence-corrected chi connectivity index (χ4v) is 2.16. The molecule has 0 aliphatic carbocycles. The lowest BCUT2D eigenvalue weighted by Gasteiger charge is -2.04. The van der Waals surface area contributed by atoms with E-state index in [4.69, 9.17) is 4.74 Å². The minimum Gasteiger partial charge on any atom is -0.463 e. The first-order valence-corrected chi connectivity index (χ1v) is 7.56. The summed E-state index contributed by atoms with van der Waals surface area (Å²) in [5.41, 5.74) is 1.70. The zero-order chi connectivity index (χ0) is 14.4. The molecule has 0 saturated carbocycles. The number of rotatable bonds is 6. The second-order valence-corrected chi connectivity index (χ2v) is 4.85. The standard InChI is InChI=1S/C13H16N4O2S/c1-3-19-13-15-12(16-17-13)14-11(18)10-6-4-5-9(7-10)8-20-2/h4-7H,3,8H2,1-2H3,(H2,14,15,16,17,18). The van der Waals surface area contributed by atoms with Crippen LogP contribution in [0.15, 0.2) is 24.3 Å². The van der Waals surface area contributed by atoms with E-state index in [1.54, 1.807) is 17.8 Å². The van der Waals surface area contributed by atoms with Gasteiger partial charge in [-0.05, 0) is 30.9 Å². The molecule has 2 N–H and O–H groups in total. The second kappa shape index (κ2) is 6.95. The SMILES string of the molecule is CCOc1n[nH]c(NC(=O)c2cccc(CSC)c2)n1. The summed E-state index contributed by atoms with van der Waals surface area (Å²) in [7, 11) is 0. The van der Waals surface area contributed by atoms with Crippen molar-refractivity contribution < 1.29 is 9.53 Å². The van der Waals surface area contributed by atoms with Crippen molar-refractivity contribution in [3.63, 3.8) is 0 Å². The highest BCUT2D eigenvalue weighted by molar-refractivity contribution is 7.97. The first-order valence-electron chi connectivity index (χ1n) is 6.17. The molecule has 2 rings (SSSR count). The van der Waals surface area contributed by atoms with E-state index in [-0.39, 0.29) is 17.9 Å². The lowest BCUT2D eigenvalue weighted by molar-refractivity contribution is 0.102. The average molecular weight is 292 g/mol. The number of amides is 1. The highest BCUT2D eigenvalue weighted by Gasteiger charge is 2.10. The zero-order valence-corrected chi connectivity index (χ0v) is 12.2. The molecule has 0 radical (unpaired) electrons. The normalized spacial score (nSPS) is 10.3. The molecule has 0 aliphatic heterocycles. The monoisotopic (exact) mass is 292 g/mol. The molecule has 1 heterocycles. The Morgan fingerprint density at radius 2 is 2.35 bits per heavy atom. The van der Waals surface area contributed by atoms with Gasteiger partial charge in [0.15, 0.2) is 0 Å². The van der Waals surface area contributed by atoms with Gasteiger partial charge in [0.1, 0.15) is 0 Å². The molecule has 0 aliphatic rings. The summed E-state index contributed by atoms with van der Waals surface area (Å²) in [6, 6.07) is 7.71. The molecule has 7 heteroatoms. The Morgan fingerprint density at radius 1 is 1.50 bits per heavy atom. The molecule has 0 saturated heterocycles. The van der Waals surface area contributed by atoms with Crippen LogP contribution in [0, 0.1) is 0 Å². The van der Waals surface area contributed by atoms with Gasteiger partial charge >= 0.3 is 6.01 Å². The predicted octanol–water partition coefficient (Wildman–Crippen LogP) is 2.32. The molecular formula is C13H16N4O2S. The van der Waals surface area contributed by atoms with Gasteiger partial charge in [0.05, 0.1) is 6.61 Å². The van der Waals surface area contributed by atoms with Crippen molar-refractivity contribution in [3.8, 4) is 6.01 Å². The predicted molar refractivity (Wildman–Crippen MR) is 79.2 cm³/mol. The van der Waals surface area contributed by atoms with Crippen LogP contribution in [0.1, 0.15) is 22.8 Å². The number of carbonyl (C=O) groups excluding carboxylic acids is 1. The molecule has 0 atom stereocenters. The van der Waals surface area contributed by atoms with Crippen LogP contribution in [0.4, 0.5) is 5.95 Å². The van der Waals surface area contributed by atoms with Gasteiger partial charge in [0.25, 0.3) is 5.91 Å². The maximum absolute atomic E-state index is 12.1. The van der Waals surface area contributed by atoms with Gasteiger partial charge < -0.3 is 4.74 Å². The maximum Gasteiger partial charge on any atom is 0.337 e. The number of aromatic amines is 1. The number of thioether (sulfide) groups is 1. The Bertz CT molecular complexity index is 585. The Hall–Kier alpha value is -2.02. The fraction of sp³-hybridized carbons (Fsp3) is 0.308. The van der Waals surface area contributed by atoms with Gasteiger partial charge in [-0.25, -0.2) is 5.10 Å². The van der Waals surface area contributed by atoms with Gasteiger partial charge in [-0.3, -0.25) is 10.1 Å². The van der Waals surface area contributed by atoms with Crippen molar-refractivity contribution >= 4 is 23.6 Å². The molecule has 0 unspecified atom stereocenters. The molecule has 2 aromatic rings. The number of ether oxygens (including phenoxy) is 1. The third kappa shape index (κ3) is 3.74. The summed E-state index contributed by atoms with van der Waals surface area (Å²) in [6.07, 6.45) is 2.02. The molecule has 1 aromatic carbocycles. The second-order valence-electron chi connectivity index (χ2n) is 3.99. The molecule has 6 nitrogen and oxygen atoms in total. The fourth-order valence-electron chi connectivity index (χ4n) is 1.64. The molecule has 1 aromatic heterocycles.